The van der Waals surface area contributed by atoms with E-state index in [2.05, 4.69) is 15.9 Å². The van der Waals surface area contributed by atoms with Crippen molar-refractivity contribution in [2.24, 2.45) is 0 Å². The highest BCUT2D eigenvalue weighted by atomic mass is 79.9. The van der Waals surface area contributed by atoms with E-state index in [0.29, 0.717) is 0 Å². The molecule has 0 radical (unpaired) electrons. The zero-order valence-corrected chi connectivity index (χ0v) is 7.01. The van der Waals surface area contributed by atoms with Crippen LogP contribution in [0.15, 0.2) is 16.6 Å². The number of benzene rings is 1. The van der Waals surface area contributed by atoms with E-state index in [1.54, 1.807) is 0 Å². The minimum Gasteiger partial charge on any atom is -0.206 e. The molecule has 0 saturated heterocycles. The van der Waals surface area contributed by atoms with Gasteiger partial charge in [0.2, 0.25) is 0 Å². The predicted molar refractivity (Wildman–Crippen MR) is 39.1 cm³/mol. The van der Waals surface area contributed by atoms with E-state index in [1.807, 2.05) is 0 Å². The third-order valence-electron chi connectivity index (χ3n) is 0.988. The van der Waals surface area contributed by atoms with Gasteiger partial charge in [0.15, 0.2) is 0 Å². The van der Waals surface area contributed by atoms with Crippen molar-refractivity contribution < 1.29 is 8.78 Å². The molecule has 1 rings (SSSR count). The van der Waals surface area contributed by atoms with E-state index in [9.17, 15) is 8.78 Å². The maximum Gasteiger partial charge on any atom is 0.143 e. The van der Waals surface area contributed by atoms with Crippen LogP contribution in [-0.2, 0) is 0 Å². The van der Waals surface area contributed by atoms with Gasteiger partial charge < -0.3 is 0 Å². The average molecular weight is 227 g/mol. The van der Waals surface area contributed by atoms with E-state index >= 15 is 0 Å². The molecular weight excluding hydrogens is 225 g/mol. The summed E-state index contributed by atoms with van der Waals surface area (Å²) < 4.78 is 24.9. The molecule has 0 atom stereocenters. The largest absolute Gasteiger partial charge is 0.206 e. The van der Waals surface area contributed by atoms with E-state index in [4.69, 9.17) is 11.6 Å². The topological polar surface area (TPSA) is 0 Å². The molecule has 0 N–H and O–H groups in total. The van der Waals surface area contributed by atoms with Crippen molar-refractivity contribution in [3.05, 3.63) is 33.3 Å². The van der Waals surface area contributed by atoms with Gasteiger partial charge in [-0.2, -0.15) is 0 Å². The first-order chi connectivity index (χ1) is 4.63. The first-order valence-corrected chi connectivity index (χ1v) is 3.59. The molecule has 0 heterocycles. The van der Waals surface area contributed by atoms with Gasteiger partial charge in [0.25, 0.3) is 0 Å². The molecule has 0 aliphatic heterocycles. The van der Waals surface area contributed by atoms with Crippen LogP contribution in [0.2, 0.25) is 5.02 Å². The van der Waals surface area contributed by atoms with Gasteiger partial charge in [0, 0.05) is 0 Å². The molecule has 0 spiro atoms. The van der Waals surface area contributed by atoms with Crippen molar-refractivity contribution in [3.8, 4) is 0 Å². The minimum absolute atomic E-state index is 0.0332. The molecule has 0 nitrogen and oxygen atoms in total. The van der Waals surface area contributed by atoms with Crippen LogP contribution in [0, 0.1) is 11.6 Å². The zero-order chi connectivity index (χ0) is 7.72. The fraction of sp³-hybridized carbons (Fsp3) is 0. The second-order valence-electron chi connectivity index (χ2n) is 1.66. The van der Waals surface area contributed by atoms with Crippen LogP contribution in [0.1, 0.15) is 0 Å². The molecule has 0 saturated carbocycles. The Balaban J connectivity index is 3.34. The fourth-order valence-electron chi connectivity index (χ4n) is 0.502. The van der Waals surface area contributed by atoms with Crippen molar-refractivity contribution in [1.82, 2.24) is 0 Å². The fourth-order valence-corrected chi connectivity index (χ4v) is 0.977. The quantitative estimate of drug-likeness (QED) is 0.471. The Morgan fingerprint density at radius 2 is 1.70 bits per heavy atom. The Hall–Kier alpha value is -0.150. The van der Waals surface area contributed by atoms with Crippen LogP contribution in [0.4, 0.5) is 8.78 Å². The summed E-state index contributed by atoms with van der Waals surface area (Å²) in [5, 5.41) is -0.222. The first kappa shape index (κ1) is 7.95. The molecule has 0 amide bonds. The molecule has 0 unspecified atom stereocenters. The molecule has 0 bridgehead atoms. The zero-order valence-electron chi connectivity index (χ0n) is 4.67. The van der Waals surface area contributed by atoms with Crippen molar-refractivity contribution in [2.75, 3.05) is 0 Å². The lowest BCUT2D eigenvalue weighted by Gasteiger charge is -1.96. The smallest absolute Gasteiger partial charge is 0.143 e. The van der Waals surface area contributed by atoms with Crippen LogP contribution in [0.3, 0.4) is 0 Å². The normalized spacial score (nSPS) is 10.0. The molecule has 4 heteroatoms. The molecule has 1 aromatic rings. The van der Waals surface area contributed by atoms with E-state index in [0.717, 1.165) is 12.1 Å². The lowest BCUT2D eigenvalue weighted by atomic mass is 10.3. The number of rotatable bonds is 0. The molecule has 10 heavy (non-hydrogen) atoms. The summed E-state index contributed by atoms with van der Waals surface area (Å²) in [5.41, 5.74) is 0. The average Bonchev–Trinajstić information content (AvgIpc) is 1.93. The number of hydrogen-bond acceptors (Lipinski definition) is 0. The lowest BCUT2D eigenvalue weighted by molar-refractivity contribution is 0.595. The van der Waals surface area contributed by atoms with Gasteiger partial charge in [-0.3, -0.25) is 0 Å². The highest BCUT2D eigenvalue weighted by Gasteiger charge is 2.07. The van der Waals surface area contributed by atoms with Gasteiger partial charge in [0.05, 0.1) is 9.50 Å². The SMILES string of the molecule is Fc1ccc(F)c(Br)c1Cl. The maximum atomic E-state index is 12.5. The summed E-state index contributed by atoms with van der Waals surface area (Å²) in [5.74, 6) is -1.19. The van der Waals surface area contributed by atoms with E-state index in [1.165, 1.54) is 0 Å². The molecule has 0 fully saturated rings. The second-order valence-corrected chi connectivity index (χ2v) is 2.83. The van der Waals surface area contributed by atoms with E-state index < -0.39 is 11.6 Å². The Morgan fingerprint density at radius 3 is 2.20 bits per heavy atom. The van der Waals surface area contributed by atoms with Gasteiger partial charge in [-0.1, -0.05) is 11.6 Å². The van der Waals surface area contributed by atoms with Crippen molar-refractivity contribution in [3.63, 3.8) is 0 Å². The number of halogens is 4. The van der Waals surface area contributed by atoms with Gasteiger partial charge in [-0.05, 0) is 28.1 Å². The van der Waals surface area contributed by atoms with Crippen LogP contribution < -0.4 is 0 Å². The Bertz CT molecular complexity index is 235. The molecule has 54 valence electrons. The first-order valence-electron chi connectivity index (χ1n) is 2.42. The minimum atomic E-state index is -0.630. The summed E-state index contributed by atoms with van der Waals surface area (Å²) in [6, 6.07) is 1.98. The Kier molecular flexibility index (Phi) is 2.26. The number of hydrogen-bond donors (Lipinski definition) is 0. The highest BCUT2D eigenvalue weighted by molar-refractivity contribution is 9.10. The summed E-state index contributed by atoms with van der Waals surface area (Å²) in [4.78, 5) is 0. The molecular formula is C6H2BrClF2. The molecule has 0 aliphatic carbocycles. The summed E-state index contributed by atoms with van der Waals surface area (Å²) >= 11 is 8.10. The Morgan fingerprint density at radius 1 is 1.20 bits per heavy atom. The molecule has 0 aromatic heterocycles. The van der Waals surface area contributed by atoms with Crippen molar-refractivity contribution >= 4 is 27.5 Å². The van der Waals surface area contributed by atoms with Gasteiger partial charge in [-0.25, -0.2) is 8.78 Å². The van der Waals surface area contributed by atoms with Crippen molar-refractivity contribution in [2.45, 2.75) is 0 Å². The Labute approximate surface area is 69.9 Å². The maximum absolute atomic E-state index is 12.5. The highest BCUT2D eigenvalue weighted by Crippen LogP contribution is 2.27. The van der Waals surface area contributed by atoms with Crippen molar-refractivity contribution in [1.29, 1.82) is 0 Å². The summed E-state index contributed by atoms with van der Waals surface area (Å²) in [7, 11) is 0. The third-order valence-corrected chi connectivity index (χ3v) is 2.36. The summed E-state index contributed by atoms with van der Waals surface area (Å²) in [6.07, 6.45) is 0. The van der Waals surface area contributed by atoms with Crippen LogP contribution >= 0.6 is 27.5 Å². The second kappa shape index (κ2) is 2.84. The van der Waals surface area contributed by atoms with Crippen LogP contribution in [-0.4, -0.2) is 0 Å². The standard InChI is InChI=1S/C6H2BrClF2/c7-5-3(9)1-2-4(10)6(5)8/h1-2H. The molecule has 1 aromatic carbocycles. The van der Waals surface area contributed by atoms with Crippen LogP contribution in [0.5, 0.6) is 0 Å². The van der Waals surface area contributed by atoms with E-state index in [-0.39, 0.29) is 9.50 Å². The molecule has 0 aliphatic rings. The van der Waals surface area contributed by atoms with Gasteiger partial charge in [0.1, 0.15) is 11.6 Å². The summed E-state index contributed by atoms with van der Waals surface area (Å²) in [6.45, 7) is 0. The van der Waals surface area contributed by atoms with Crippen LogP contribution in [0.25, 0.3) is 0 Å². The predicted octanol–water partition coefficient (Wildman–Crippen LogP) is 3.38. The monoisotopic (exact) mass is 226 g/mol. The third kappa shape index (κ3) is 1.30. The lowest BCUT2D eigenvalue weighted by Crippen LogP contribution is -1.82. The van der Waals surface area contributed by atoms with Gasteiger partial charge >= 0.3 is 0 Å². The van der Waals surface area contributed by atoms with Gasteiger partial charge in [-0.15, -0.1) is 0 Å².